The molecule has 0 N–H and O–H groups in total. The maximum Gasteiger partial charge on any atom is 0.122 e. The summed E-state index contributed by atoms with van der Waals surface area (Å²) in [6.07, 6.45) is 4.14. The molecule has 1 fully saturated rings. The van der Waals surface area contributed by atoms with Gasteiger partial charge in [-0.15, -0.1) is 0 Å². The molecule has 1 unspecified atom stereocenters. The lowest BCUT2D eigenvalue weighted by molar-refractivity contribution is -0.108. The summed E-state index contributed by atoms with van der Waals surface area (Å²) in [6.45, 7) is 4.97. The Morgan fingerprint density at radius 1 is 1.47 bits per heavy atom. The third-order valence-corrected chi connectivity index (χ3v) is 3.32. The molecular weight excluding hydrogens is 212 g/mol. The molecule has 0 heterocycles. The van der Waals surface area contributed by atoms with E-state index in [1.54, 1.807) is 0 Å². The van der Waals surface area contributed by atoms with Gasteiger partial charge in [-0.25, -0.2) is 0 Å². The van der Waals surface area contributed by atoms with E-state index in [0.29, 0.717) is 6.42 Å². The number of aldehydes is 1. The van der Waals surface area contributed by atoms with Crippen LogP contribution in [0.25, 0.3) is 0 Å². The molecule has 1 aromatic rings. The normalized spacial score (nSPS) is 16.6. The lowest BCUT2D eigenvalue weighted by atomic mass is 9.96. The summed E-state index contributed by atoms with van der Waals surface area (Å²) in [5, 5.41) is 0. The summed E-state index contributed by atoms with van der Waals surface area (Å²) in [4.78, 5) is 10.6. The first-order valence-corrected chi connectivity index (χ1v) is 6.37. The van der Waals surface area contributed by atoms with Crippen molar-refractivity contribution < 1.29 is 9.53 Å². The fourth-order valence-corrected chi connectivity index (χ4v) is 1.95. The van der Waals surface area contributed by atoms with Crippen molar-refractivity contribution in [3.8, 4) is 5.75 Å². The van der Waals surface area contributed by atoms with E-state index in [2.05, 4.69) is 26.0 Å². The van der Waals surface area contributed by atoms with Gasteiger partial charge in [0.15, 0.2) is 0 Å². The molecule has 1 aromatic carbocycles. The highest BCUT2D eigenvalue weighted by molar-refractivity contribution is 5.53. The molecule has 0 saturated heterocycles. The number of hydrogen-bond donors (Lipinski definition) is 0. The highest BCUT2D eigenvalue weighted by Gasteiger charge is 2.22. The summed E-state index contributed by atoms with van der Waals surface area (Å²) < 4.78 is 5.87. The Labute approximate surface area is 103 Å². The molecule has 2 heteroatoms. The molecule has 2 rings (SSSR count). The first-order valence-electron chi connectivity index (χ1n) is 6.37. The van der Waals surface area contributed by atoms with E-state index >= 15 is 0 Å². The van der Waals surface area contributed by atoms with Crippen molar-refractivity contribution in [1.29, 1.82) is 0 Å². The number of aryl methyl sites for hydroxylation is 1. The molecule has 0 radical (unpaired) electrons. The average molecular weight is 232 g/mol. The van der Waals surface area contributed by atoms with Gasteiger partial charge in [0.05, 0.1) is 6.61 Å². The largest absolute Gasteiger partial charge is 0.493 e. The van der Waals surface area contributed by atoms with Crippen molar-refractivity contribution in [3.63, 3.8) is 0 Å². The van der Waals surface area contributed by atoms with Crippen LogP contribution in [-0.4, -0.2) is 12.9 Å². The molecule has 0 aromatic heterocycles. The van der Waals surface area contributed by atoms with E-state index < -0.39 is 0 Å². The standard InChI is InChI=1S/C15H20O2/c1-11-3-6-15(17-10-13-4-5-13)14(9-11)12(2)7-8-16/h3,6,8-9,12-13H,4-5,7,10H2,1-2H3. The van der Waals surface area contributed by atoms with Gasteiger partial charge in [-0.2, -0.15) is 0 Å². The Morgan fingerprint density at radius 2 is 2.24 bits per heavy atom. The van der Waals surface area contributed by atoms with E-state index in [9.17, 15) is 4.79 Å². The zero-order chi connectivity index (χ0) is 12.3. The second-order valence-electron chi connectivity index (χ2n) is 5.10. The summed E-state index contributed by atoms with van der Waals surface area (Å²) in [5.41, 5.74) is 2.38. The molecule has 0 spiro atoms. The summed E-state index contributed by atoms with van der Waals surface area (Å²) >= 11 is 0. The SMILES string of the molecule is Cc1ccc(OCC2CC2)c(C(C)CC=O)c1. The van der Waals surface area contributed by atoms with Crippen LogP contribution >= 0.6 is 0 Å². The monoisotopic (exact) mass is 232 g/mol. The van der Waals surface area contributed by atoms with Crippen molar-refractivity contribution in [2.75, 3.05) is 6.61 Å². The third kappa shape index (κ3) is 3.32. The molecular formula is C15H20O2. The molecule has 0 aliphatic heterocycles. The number of hydrogen-bond acceptors (Lipinski definition) is 2. The number of carbonyl (C=O) groups is 1. The van der Waals surface area contributed by atoms with Gasteiger partial charge in [-0.05, 0) is 43.2 Å². The van der Waals surface area contributed by atoms with E-state index in [0.717, 1.165) is 30.1 Å². The Morgan fingerprint density at radius 3 is 2.88 bits per heavy atom. The summed E-state index contributed by atoms with van der Waals surface area (Å²) in [5.74, 6) is 1.95. The quantitative estimate of drug-likeness (QED) is 0.702. The second kappa shape index (κ2) is 5.35. The van der Waals surface area contributed by atoms with Crippen molar-refractivity contribution in [2.45, 2.75) is 39.0 Å². The second-order valence-corrected chi connectivity index (χ2v) is 5.10. The predicted molar refractivity (Wildman–Crippen MR) is 68.5 cm³/mol. The summed E-state index contributed by atoms with van der Waals surface area (Å²) in [7, 11) is 0. The lowest BCUT2D eigenvalue weighted by Crippen LogP contribution is -2.04. The van der Waals surface area contributed by atoms with E-state index in [1.165, 1.54) is 18.4 Å². The fraction of sp³-hybridized carbons (Fsp3) is 0.533. The highest BCUT2D eigenvalue weighted by Crippen LogP contribution is 2.33. The van der Waals surface area contributed by atoms with Gasteiger partial charge in [0.2, 0.25) is 0 Å². The van der Waals surface area contributed by atoms with Gasteiger partial charge in [-0.3, -0.25) is 0 Å². The highest BCUT2D eigenvalue weighted by atomic mass is 16.5. The number of carbonyl (C=O) groups excluding carboxylic acids is 1. The van der Waals surface area contributed by atoms with Crippen LogP contribution in [0.15, 0.2) is 18.2 Å². The third-order valence-electron chi connectivity index (χ3n) is 3.32. The Balaban J connectivity index is 2.13. The molecule has 92 valence electrons. The number of ether oxygens (including phenoxy) is 1. The smallest absolute Gasteiger partial charge is 0.122 e. The molecule has 17 heavy (non-hydrogen) atoms. The van der Waals surface area contributed by atoms with Crippen LogP contribution in [0.5, 0.6) is 5.75 Å². The van der Waals surface area contributed by atoms with Crippen LogP contribution in [0.4, 0.5) is 0 Å². The topological polar surface area (TPSA) is 26.3 Å². The van der Waals surface area contributed by atoms with Crippen LogP contribution in [-0.2, 0) is 4.79 Å². The molecule has 1 saturated carbocycles. The zero-order valence-corrected chi connectivity index (χ0v) is 10.6. The summed E-state index contributed by atoms with van der Waals surface area (Å²) in [6, 6.07) is 6.24. The van der Waals surface area contributed by atoms with Crippen LogP contribution in [0.3, 0.4) is 0 Å². The van der Waals surface area contributed by atoms with E-state index in [1.807, 2.05) is 6.07 Å². The maximum atomic E-state index is 10.6. The van der Waals surface area contributed by atoms with Crippen LogP contribution in [0.1, 0.15) is 43.2 Å². The van der Waals surface area contributed by atoms with Crippen LogP contribution < -0.4 is 4.74 Å². The van der Waals surface area contributed by atoms with Gasteiger partial charge >= 0.3 is 0 Å². The molecule has 0 amide bonds. The predicted octanol–water partition coefficient (Wildman–Crippen LogP) is 3.48. The van der Waals surface area contributed by atoms with Gasteiger partial charge < -0.3 is 9.53 Å². The molecule has 1 atom stereocenters. The van der Waals surface area contributed by atoms with Crippen molar-refractivity contribution in [2.24, 2.45) is 5.92 Å². The number of benzene rings is 1. The molecule has 1 aliphatic rings. The van der Waals surface area contributed by atoms with E-state index in [-0.39, 0.29) is 5.92 Å². The van der Waals surface area contributed by atoms with Gasteiger partial charge in [-0.1, -0.05) is 24.6 Å². The lowest BCUT2D eigenvalue weighted by Gasteiger charge is -2.16. The fourth-order valence-electron chi connectivity index (χ4n) is 1.95. The first kappa shape index (κ1) is 12.2. The molecule has 2 nitrogen and oxygen atoms in total. The van der Waals surface area contributed by atoms with Crippen LogP contribution in [0.2, 0.25) is 0 Å². The van der Waals surface area contributed by atoms with E-state index in [4.69, 9.17) is 4.74 Å². The van der Waals surface area contributed by atoms with Crippen molar-refractivity contribution >= 4 is 6.29 Å². The Kier molecular flexibility index (Phi) is 3.82. The first-order chi connectivity index (χ1) is 8.20. The minimum Gasteiger partial charge on any atom is -0.493 e. The van der Waals surface area contributed by atoms with Crippen molar-refractivity contribution in [1.82, 2.24) is 0 Å². The van der Waals surface area contributed by atoms with Gasteiger partial charge in [0, 0.05) is 6.42 Å². The minimum atomic E-state index is 0.238. The Hall–Kier alpha value is -1.31. The number of rotatable bonds is 6. The minimum absolute atomic E-state index is 0.238. The van der Waals surface area contributed by atoms with Gasteiger partial charge in [0.1, 0.15) is 12.0 Å². The maximum absolute atomic E-state index is 10.6. The van der Waals surface area contributed by atoms with Crippen molar-refractivity contribution in [3.05, 3.63) is 29.3 Å². The average Bonchev–Trinajstić information content (AvgIpc) is 3.11. The zero-order valence-electron chi connectivity index (χ0n) is 10.6. The molecule has 0 bridgehead atoms. The Bertz CT molecular complexity index is 394. The van der Waals surface area contributed by atoms with Gasteiger partial charge in [0.25, 0.3) is 0 Å². The molecule has 1 aliphatic carbocycles. The van der Waals surface area contributed by atoms with Crippen LogP contribution in [0, 0.1) is 12.8 Å².